The third-order valence-electron chi connectivity index (χ3n) is 3.46. The highest BCUT2D eigenvalue weighted by Crippen LogP contribution is 2.23. The maximum atomic E-state index is 11.4. The maximum absolute atomic E-state index is 11.4. The van der Waals surface area contributed by atoms with Crippen molar-refractivity contribution in [1.82, 2.24) is 0 Å². The highest BCUT2D eigenvalue weighted by Gasteiger charge is 2.10. The molecule has 0 spiro atoms. The van der Waals surface area contributed by atoms with Crippen LogP contribution in [0, 0.1) is 10.1 Å². The van der Waals surface area contributed by atoms with E-state index in [-0.39, 0.29) is 23.2 Å². The van der Waals surface area contributed by atoms with Gasteiger partial charge in [0.25, 0.3) is 5.69 Å². The number of benzene rings is 2. The number of rotatable bonds is 6. The molecule has 0 fully saturated rings. The molecule has 8 nitrogen and oxygen atoms in total. The van der Waals surface area contributed by atoms with E-state index in [9.17, 15) is 14.9 Å². The number of halogens is 1. The number of nitro groups is 1. The van der Waals surface area contributed by atoms with Crippen LogP contribution in [0.1, 0.15) is 27.7 Å². The lowest BCUT2D eigenvalue weighted by atomic mass is 10.2. The molecule has 0 heterocycles. The third kappa shape index (κ3) is 9.66. The van der Waals surface area contributed by atoms with E-state index in [1.54, 1.807) is 6.92 Å². The number of likely N-dealkylation sites (N-methyl/N-ethyl adjacent to an activating group) is 1. The van der Waals surface area contributed by atoms with E-state index in [2.05, 4.69) is 0 Å². The van der Waals surface area contributed by atoms with Crippen LogP contribution in [0.2, 0.25) is 5.02 Å². The molecule has 0 aliphatic carbocycles. The minimum atomic E-state index is -0.522. The number of nitrogens with two attached hydrogens (primary N) is 2. The van der Waals surface area contributed by atoms with E-state index in [0.717, 1.165) is 17.9 Å². The largest absolute Gasteiger partial charge is 0.465 e. The van der Waals surface area contributed by atoms with E-state index in [1.807, 2.05) is 49.9 Å². The lowest BCUT2D eigenvalue weighted by Gasteiger charge is -2.21. The van der Waals surface area contributed by atoms with Crippen LogP contribution in [-0.2, 0) is 9.53 Å². The molecule has 2 aromatic rings. The van der Waals surface area contributed by atoms with Gasteiger partial charge in [0.15, 0.2) is 0 Å². The van der Waals surface area contributed by atoms with Gasteiger partial charge in [-0.3, -0.25) is 14.9 Å². The molecule has 9 heteroatoms. The number of nitrogens with zero attached hydrogens (tertiary/aromatic N) is 2. The third-order valence-corrected chi connectivity index (χ3v) is 3.79. The number of nitro benzene ring substituents is 1. The van der Waals surface area contributed by atoms with Gasteiger partial charge in [-0.2, -0.15) is 0 Å². The molecule has 29 heavy (non-hydrogen) atoms. The standard InChI is InChI=1S/C12H18N2O2.C6H5ClN2O2.C2H6/c1-3-14(9-12(15)16-4-2)11-7-5-10(13)6-8-11;7-5-3-4(9(10)11)1-2-6(5)8;1-2/h5-8H,3-4,9,13H2,1-2H3;1-3H,8H2;1-2H3. The van der Waals surface area contributed by atoms with Crippen LogP contribution in [0.3, 0.4) is 0 Å². The maximum Gasteiger partial charge on any atom is 0.325 e. The van der Waals surface area contributed by atoms with Crippen LogP contribution < -0.4 is 16.4 Å². The van der Waals surface area contributed by atoms with E-state index >= 15 is 0 Å². The Hall–Kier alpha value is -3.00. The Kier molecular flexibility index (Phi) is 12.6. The molecule has 0 aliphatic rings. The molecule has 0 aliphatic heterocycles. The average Bonchev–Trinajstić information content (AvgIpc) is 2.71. The summed E-state index contributed by atoms with van der Waals surface area (Å²) in [6, 6.07) is 11.4. The molecule has 0 amide bonds. The van der Waals surface area contributed by atoms with Gasteiger partial charge in [0.2, 0.25) is 0 Å². The Labute approximate surface area is 176 Å². The zero-order chi connectivity index (χ0) is 22.4. The van der Waals surface area contributed by atoms with E-state index in [1.165, 1.54) is 18.2 Å². The van der Waals surface area contributed by atoms with Gasteiger partial charge >= 0.3 is 5.97 Å². The molecule has 4 N–H and O–H groups in total. The normalized spacial score (nSPS) is 9.28. The smallest absolute Gasteiger partial charge is 0.325 e. The highest BCUT2D eigenvalue weighted by atomic mass is 35.5. The van der Waals surface area contributed by atoms with Gasteiger partial charge in [-0.1, -0.05) is 25.4 Å². The number of carbonyl (C=O) groups excluding carboxylic acids is 1. The van der Waals surface area contributed by atoms with Gasteiger partial charge in [-0.25, -0.2) is 0 Å². The van der Waals surface area contributed by atoms with Crippen LogP contribution in [0.5, 0.6) is 0 Å². The number of anilines is 3. The predicted octanol–water partition coefficient (Wildman–Crippen LogP) is 4.51. The summed E-state index contributed by atoms with van der Waals surface area (Å²) in [5, 5.41) is 10.4. The van der Waals surface area contributed by atoms with Crippen molar-refractivity contribution in [3.8, 4) is 0 Å². The quantitative estimate of drug-likeness (QED) is 0.302. The minimum absolute atomic E-state index is 0.0517. The van der Waals surface area contributed by atoms with Crippen molar-refractivity contribution >= 4 is 40.3 Å². The SMILES string of the molecule is CC.CCOC(=O)CN(CC)c1ccc(N)cc1.Nc1ccc([N+](=O)[O-])cc1Cl. The van der Waals surface area contributed by atoms with Crippen molar-refractivity contribution in [1.29, 1.82) is 0 Å². The molecule has 0 atom stereocenters. The Balaban J connectivity index is 0.000000526. The van der Waals surface area contributed by atoms with Crippen molar-refractivity contribution in [2.24, 2.45) is 0 Å². The number of ether oxygens (including phenoxy) is 1. The monoisotopic (exact) mass is 424 g/mol. The second kappa shape index (κ2) is 14.1. The number of hydrogen-bond acceptors (Lipinski definition) is 7. The Morgan fingerprint density at radius 2 is 1.72 bits per heavy atom. The van der Waals surface area contributed by atoms with Gasteiger partial charge < -0.3 is 21.1 Å². The number of nitrogen functional groups attached to an aromatic ring is 2. The van der Waals surface area contributed by atoms with E-state index < -0.39 is 4.92 Å². The molecule has 160 valence electrons. The van der Waals surface area contributed by atoms with Crippen molar-refractivity contribution in [2.75, 3.05) is 36.1 Å². The first-order valence-electron chi connectivity index (χ1n) is 9.24. The van der Waals surface area contributed by atoms with Crippen molar-refractivity contribution in [3.63, 3.8) is 0 Å². The molecular formula is C20H29ClN4O4. The highest BCUT2D eigenvalue weighted by molar-refractivity contribution is 6.33. The summed E-state index contributed by atoms with van der Waals surface area (Å²) in [7, 11) is 0. The molecule has 2 aromatic carbocycles. The molecule has 0 saturated carbocycles. The summed E-state index contributed by atoms with van der Waals surface area (Å²) in [5.74, 6) is -0.207. The number of esters is 1. The van der Waals surface area contributed by atoms with Crippen molar-refractivity contribution in [2.45, 2.75) is 27.7 Å². The van der Waals surface area contributed by atoms with E-state index in [4.69, 9.17) is 27.8 Å². The summed E-state index contributed by atoms with van der Waals surface area (Å²) in [5.41, 5.74) is 12.9. The van der Waals surface area contributed by atoms with Crippen LogP contribution in [0.4, 0.5) is 22.7 Å². The van der Waals surface area contributed by atoms with E-state index in [0.29, 0.717) is 12.3 Å². The van der Waals surface area contributed by atoms with Gasteiger partial charge in [-0.05, 0) is 44.2 Å². The summed E-state index contributed by atoms with van der Waals surface area (Å²) in [4.78, 5) is 23.0. The van der Waals surface area contributed by atoms with Crippen LogP contribution in [0.25, 0.3) is 0 Å². The van der Waals surface area contributed by atoms with Gasteiger partial charge in [-0.15, -0.1) is 0 Å². The summed E-state index contributed by atoms with van der Waals surface area (Å²) in [6.07, 6.45) is 0. The van der Waals surface area contributed by atoms with Crippen molar-refractivity contribution in [3.05, 3.63) is 57.6 Å². The fourth-order valence-electron chi connectivity index (χ4n) is 2.06. The zero-order valence-corrected chi connectivity index (χ0v) is 18.0. The molecule has 0 radical (unpaired) electrons. The van der Waals surface area contributed by atoms with Gasteiger partial charge in [0.05, 0.1) is 22.2 Å². The van der Waals surface area contributed by atoms with Crippen LogP contribution >= 0.6 is 11.6 Å². The Morgan fingerprint density at radius 1 is 1.14 bits per heavy atom. The second-order valence-corrected chi connectivity index (χ2v) is 5.78. The Bertz CT molecular complexity index is 770. The lowest BCUT2D eigenvalue weighted by molar-refractivity contribution is -0.384. The minimum Gasteiger partial charge on any atom is -0.465 e. The predicted molar refractivity (Wildman–Crippen MR) is 119 cm³/mol. The number of hydrogen-bond donors (Lipinski definition) is 2. The first kappa shape index (κ1) is 26.0. The van der Waals surface area contributed by atoms with Gasteiger partial charge in [0.1, 0.15) is 6.54 Å². The van der Waals surface area contributed by atoms with Gasteiger partial charge in [0, 0.05) is 30.1 Å². The fourth-order valence-corrected chi connectivity index (χ4v) is 2.24. The zero-order valence-electron chi connectivity index (χ0n) is 17.2. The second-order valence-electron chi connectivity index (χ2n) is 5.37. The average molecular weight is 425 g/mol. The van der Waals surface area contributed by atoms with Crippen LogP contribution in [0.15, 0.2) is 42.5 Å². The first-order valence-corrected chi connectivity index (χ1v) is 9.61. The molecule has 0 saturated heterocycles. The topological polar surface area (TPSA) is 125 Å². The molecule has 2 rings (SSSR count). The summed E-state index contributed by atoms with van der Waals surface area (Å²) in [6.45, 7) is 9.24. The molecule has 0 bridgehead atoms. The molecular weight excluding hydrogens is 396 g/mol. The fraction of sp³-hybridized carbons (Fsp3) is 0.350. The van der Waals surface area contributed by atoms with Crippen molar-refractivity contribution < 1.29 is 14.5 Å². The summed E-state index contributed by atoms with van der Waals surface area (Å²) < 4.78 is 4.91. The lowest BCUT2D eigenvalue weighted by Crippen LogP contribution is -2.30. The molecule has 0 aromatic heterocycles. The Morgan fingerprint density at radius 3 is 2.17 bits per heavy atom. The number of carbonyl (C=O) groups is 1. The summed E-state index contributed by atoms with van der Waals surface area (Å²) >= 11 is 5.53. The molecule has 0 unspecified atom stereocenters. The number of non-ortho nitro benzene ring substituents is 1. The van der Waals surface area contributed by atoms with Crippen LogP contribution in [-0.4, -0.2) is 30.6 Å². The first-order chi connectivity index (χ1) is 13.8.